The van der Waals surface area contributed by atoms with Crippen molar-refractivity contribution in [2.24, 2.45) is 0 Å². The summed E-state index contributed by atoms with van der Waals surface area (Å²) in [5.41, 5.74) is 1.13. The molecule has 3 rings (SSSR count). The summed E-state index contributed by atoms with van der Waals surface area (Å²) in [4.78, 5) is 14.0. The van der Waals surface area contributed by atoms with E-state index >= 15 is 0 Å². The van der Waals surface area contributed by atoms with Crippen LogP contribution in [-0.2, 0) is 11.3 Å². The molecule has 24 heavy (non-hydrogen) atoms. The van der Waals surface area contributed by atoms with Crippen LogP contribution in [0, 0.1) is 0 Å². The van der Waals surface area contributed by atoms with Crippen LogP contribution in [0.5, 0.6) is 11.5 Å². The minimum Gasteiger partial charge on any atom is -0.497 e. The number of ether oxygens (including phenoxy) is 2. The van der Waals surface area contributed by atoms with Gasteiger partial charge in [0.1, 0.15) is 23.0 Å². The van der Waals surface area contributed by atoms with Crippen LogP contribution in [-0.4, -0.2) is 30.1 Å². The number of amides is 1. The average Bonchev–Trinajstić information content (AvgIpc) is 3.19. The van der Waals surface area contributed by atoms with E-state index in [1.165, 1.54) is 4.90 Å². The van der Waals surface area contributed by atoms with Crippen molar-refractivity contribution >= 4 is 29.3 Å². The lowest BCUT2D eigenvalue weighted by Gasteiger charge is -2.11. The number of carbonyl (C=O) groups is 1. The van der Waals surface area contributed by atoms with Crippen LogP contribution in [0.2, 0.25) is 0 Å². The van der Waals surface area contributed by atoms with Gasteiger partial charge in [-0.25, -0.2) is 0 Å². The van der Waals surface area contributed by atoms with E-state index in [-0.39, 0.29) is 12.5 Å². The highest BCUT2D eigenvalue weighted by atomic mass is 32.1. The molecular weight excluding hydrogens is 328 g/mol. The third-order valence-corrected chi connectivity index (χ3v) is 3.92. The van der Waals surface area contributed by atoms with Gasteiger partial charge in [0, 0.05) is 11.6 Å². The van der Waals surface area contributed by atoms with Crippen molar-refractivity contribution < 1.29 is 18.7 Å². The predicted octanol–water partition coefficient (Wildman–Crippen LogP) is 2.55. The number of nitrogens with zero attached hydrogens (tertiary/aromatic N) is 1. The molecule has 1 aromatic heterocycles. The molecule has 7 heteroatoms. The second kappa shape index (κ2) is 6.76. The zero-order chi connectivity index (χ0) is 17.1. The molecule has 2 aromatic rings. The van der Waals surface area contributed by atoms with E-state index in [4.69, 9.17) is 26.1 Å². The van der Waals surface area contributed by atoms with Gasteiger partial charge in [-0.2, -0.15) is 0 Å². The third-order valence-electron chi connectivity index (χ3n) is 3.60. The van der Waals surface area contributed by atoms with Gasteiger partial charge in [0.25, 0.3) is 5.91 Å². The van der Waals surface area contributed by atoms with Crippen molar-refractivity contribution in [3.63, 3.8) is 0 Å². The lowest BCUT2D eigenvalue weighted by molar-refractivity contribution is -0.122. The van der Waals surface area contributed by atoms with Crippen LogP contribution < -0.4 is 14.8 Å². The van der Waals surface area contributed by atoms with Crippen LogP contribution in [0.4, 0.5) is 0 Å². The topological polar surface area (TPSA) is 63.9 Å². The van der Waals surface area contributed by atoms with E-state index in [0.29, 0.717) is 28.1 Å². The number of hydrogen-bond acceptors (Lipinski definition) is 5. The Morgan fingerprint density at radius 1 is 1.29 bits per heavy atom. The van der Waals surface area contributed by atoms with Crippen LogP contribution in [0.1, 0.15) is 11.3 Å². The van der Waals surface area contributed by atoms with Crippen LogP contribution in [0.3, 0.4) is 0 Å². The number of furan rings is 1. The number of rotatable bonds is 5. The highest BCUT2D eigenvalue weighted by Crippen LogP contribution is 2.27. The molecule has 124 valence electrons. The summed E-state index contributed by atoms with van der Waals surface area (Å²) in [6.07, 6.45) is 3.26. The average molecular weight is 344 g/mol. The number of thiocarbonyl (C=S) groups is 1. The van der Waals surface area contributed by atoms with Crippen molar-refractivity contribution in [2.45, 2.75) is 6.54 Å². The Balaban J connectivity index is 1.86. The second-order valence-corrected chi connectivity index (χ2v) is 5.45. The summed E-state index contributed by atoms with van der Waals surface area (Å²) in [5.74, 6) is 1.73. The molecule has 1 aromatic carbocycles. The van der Waals surface area contributed by atoms with Gasteiger partial charge in [-0.1, -0.05) is 0 Å². The van der Waals surface area contributed by atoms with Gasteiger partial charge in [0.2, 0.25) is 0 Å². The Hall–Kier alpha value is -2.80. The first-order valence-corrected chi connectivity index (χ1v) is 7.62. The van der Waals surface area contributed by atoms with Gasteiger partial charge in [0.15, 0.2) is 5.11 Å². The molecular formula is C17H16N2O4S. The summed E-state index contributed by atoms with van der Waals surface area (Å²) < 4.78 is 15.8. The van der Waals surface area contributed by atoms with Gasteiger partial charge < -0.3 is 19.2 Å². The standard InChI is InChI=1S/C17H16N2O4S/c1-21-12-6-5-11(15(9-12)22-2)8-14-16(20)19(17(24)18-14)10-13-4-3-7-23-13/h3-9H,10H2,1-2H3,(H,18,24)/b14-8-. The maximum Gasteiger partial charge on any atom is 0.276 e. The zero-order valence-electron chi connectivity index (χ0n) is 13.2. The predicted molar refractivity (Wildman–Crippen MR) is 92.5 cm³/mol. The van der Waals surface area contributed by atoms with E-state index in [0.717, 1.165) is 5.56 Å². The van der Waals surface area contributed by atoms with E-state index in [1.54, 1.807) is 50.8 Å². The molecule has 0 bridgehead atoms. The largest absolute Gasteiger partial charge is 0.497 e. The fourth-order valence-corrected chi connectivity index (χ4v) is 2.62. The molecule has 1 aliphatic rings. The molecule has 0 unspecified atom stereocenters. The molecule has 1 saturated heterocycles. The maximum atomic E-state index is 12.6. The summed E-state index contributed by atoms with van der Waals surface area (Å²) in [6.45, 7) is 0.286. The maximum absolute atomic E-state index is 12.6. The Bertz CT molecular complexity index is 799. The lowest BCUT2D eigenvalue weighted by Crippen LogP contribution is -2.29. The number of hydrogen-bond donors (Lipinski definition) is 1. The van der Waals surface area contributed by atoms with E-state index in [2.05, 4.69) is 5.32 Å². The molecule has 0 radical (unpaired) electrons. The third kappa shape index (κ3) is 3.11. The normalized spacial score (nSPS) is 15.8. The summed E-state index contributed by atoms with van der Waals surface area (Å²) in [5, 5.41) is 3.28. The molecule has 1 amide bonds. The molecule has 1 fully saturated rings. The van der Waals surface area contributed by atoms with Gasteiger partial charge in [-0.05, 0) is 42.6 Å². The van der Waals surface area contributed by atoms with E-state index in [9.17, 15) is 4.79 Å². The van der Waals surface area contributed by atoms with Gasteiger partial charge in [0.05, 0.1) is 27.0 Å². The first kappa shape index (κ1) is 16.1. The van der Waals surface area contributed by atoms with Crippen LogP contribution in [0.15, 0.2) is 46.7 Å². The monoisotopic (exact) mass is 344 g/mol. The molecule has 0 spiro atoms. The molecule has 2 heterocycles. The molecule has 0 saturated carbocycles. The highest BCUT2D eigenvalue weighted by Gasteiger charge is 2.31. The van der Waals surface area contributed by atoms with Crippen LogP contribution in [0.25, 0.3) is 6.08 Å². The van der Waals surface area contributed by atoms with Crippen molar-refractivity contribution in [1.29, 1.82) is 0 Å². The summed E-state index contributed by atoms with van der Waals surface area (Å²) in [6, 6.07) is 8.94. The fraction of sp³-hybridized carbons (Fsp3) is 0.176. The smallest absolute Gasteiger partial charge is 0.276 e. The quantitative estimate of drug-likeness (QED) is 0.664. The van der Waals surface area contributed by atoms with Gasteiger partial charge in [-0.3, -0.25) is 9.69 Å². The fourth-order valence-electron chi connectivity index (χ4n) is 2.37. The first-order valence-electron chi connectivity index (χ1n) is 7.21. The zero-order valence-corrected chi connectivity index (χ0v) is 14.1. The van der Waals surface area contributed by atoms with Crippen molar-refractivity contribution in [1.82, 2.24) is 10.2 Å². The van der Waals surface area contributed by atoms with Crippen molar-refractivity contribution in [3.8, 4) is 11.5 Å². The minimum absolute atomic E-state index is 0.214. The summed E-state index contributed by atoms with van der Waals surface area (Å²) in [7, 11) is 3.15. The number of carbonyl (C=O) groups excluding carboxylic acids is 1. The Kier molecular flexibility index (Phi) is 4.52. The number of methoxy groups -OCH3 is 2. The number of nitrogens with one attached hydrogen (secondary N) is 1. The second-order valence-electron chi connectivity index (χ2n) is 5.07. The SMILES string of the molecule is COc1ccc(/C=C2\NC(=S)N(Cc3ccco3)C2=O)c(OC)c1. The summed E-state index contributed by atoms with van der Waals surface area (Å²) >= 11 is 5.24. The Labute approximate surface area is 144 Å². The van der Waals surface area contributed by atoms with E-state index in [1.807, 2.05) is 6.07 Å². The number of benzene rings is 1. The van der Waals surface area contributed by atoms with Crippen molar-refractivity contribution in [3.05, 3.63) is 53.6 Å². The molecule has 0 aliphatic carbocycles. The first-order chi connectivity index (χ1) is 11.6. The highest BCUT2D eigenvalue weighted by molar-refractivity contribution is 7.80. The Morgan fingerprint density at radius 2 is 2.12 bits per heavy atom. The molecule has 0 atom stereocenters. The lowest BCUT2D eigenvalue weighted by atomic mass is 10.1. The van der Waals surface area contributed by atoms with Gasteiger partial charge >= 0.3 is 0 Å². The van der Waals surface area contributed by atoms with Gasteiger partial charge in [-0.15, -0.1) is 0 Å². The van der Waals surface area contributed by atoms with Crippen molar-refractivity contribution in [2.75, 3.05) is 14.2 Å². The molecule has 1 aliphatic heterocycles. The molecule has 6 nitrogen and oxygen atoms in total. The van der Waals surface area contributed by atoms with Crippen LogP contribution >= 0.6 is 12.2 Å². The van der Waals surface area contributed by atoms with E-state index < -0.39 is 0 Å². The molecule has 1 N–H and O–H groups in total. The minimum atomic E-state index is -0.214. The Morgan fingerprint density at radius 3 is 2.79 bits per heavy atom.